The van der Waals surface area contributed by atoms with E-state index in [1.807, 2.05) is 0 Å². The summed E-state index contributed by atoms with van der Waals surface area (Å²) < 4.78 is 40.9. The number of amides is 2. The van der Waals surface area contributed by atoms with Gasteiger partial charge in [-0.05, 0) is 49.2 Å². The Kier molecular flexibility index (Phi) is 7.02. The summed E-state index contributed by atoms with van der Waals surface area (Å²) in [6, 6.07) is 9.71. The zero-order chi connectivity index (χ0) is 23.6. The van der Waals surface area contributed by atoms with Crippen LogP contribution in [0.15, 0.2) is 47.4 Å². The molecular formula is C23H25ClFN3O4S. The number of sulfonamides is 1. The van der Waals surface area contributed by atoms with Crippen molar-refractivity contribution in [1.82, 2.24) is 14.1 Å². The molecule has 0 bridgehead atoms. The smallest absolute Gasteiger partial charge is 0.255 e. The van der Waals surface area contributed by atoms with Gasteiger partial charge in [0.25, 0.3) is 11.8 Å². The molecule has 2 aliphatic rings. The molecule has 2 heterocycles. The Hall–Kier alpha value is -2.49. The van der Waals surface area contributed by atoms with Crippen LogP contribution in [0.1, 0.15) is 40.0 Å². The number of rotatable bonds is 4. The Bertz CT molecular complexity index is 1160. The van der Waals surface area contributed by atoms with E-state index in [-0.39, 0.29) is 59.0 Å². The van der Waals surface area contributed by atoms with Crippen LogP contribution in [-0.4, -0.2) is 73.6 Å². The van der Waals surface area contributed by atoms with Gasteiger partial charge in [0.1, 0.15) is 5.82 Å². The Morgan fingerprint density at radius 2 is 1.45 bits per heavy atom. The Balaban J connectivity index is 1.46. The molecular weight excluding hydrogens is 469 g/mol. The summed E-state index contributed by atoms with van der Waals surface area (Å²) >= 11 is 6.26. The van der Waals surface area contributed by atoms with Gasteiger partial charge < -0.3 is 9.80 Å². The normalized spacial score (nSPS) is 17.8. The second kappa shape index (κ2) is 9.79. The summed E-state index contributed by atoms with van der Waals surface area (Å²) in [5, 5.41) is 0.177. The zero-order valence-corrected chi connectivity index (χ0v) is 19.6. The van der Waals surface area contributed by atoms with E-state index in [0.717, 1.165) is 19.3 Å². The highest BCUT2D eigenvalue weighted by Gasteiger charge is 2.30. The lowest BCUT2D eigenvalue weighted by Gasteiger charge is -2.35. The molecule has 10 heteroatoms. The predicted molar refractivity (Wildman–Crippen MR) is 122 cm³/mol. The van der Waals surface area contributed by atoms with Crippen LogP contribution in [0, 0.1) is 5.82 Å². The number of hydrogen-bond acceptors (Lipinski definition) is 4. The molecule has 0 saturated carbocycles. The molecule has 2 aromatic carbocycles. The predicted octanol–water partition coefficient (Wildman–Crippen LogP) is 3.25. The maximum atomic E-state index is 13.4. The van der Waals surface area contributed by atoms with Crippen LogP contribution in [0.25, 0.3) is 0 Å². The van der Waals surface area contributed by atoms with Crippen LogP contribution < -0.4 is 0 Å². The first kappa shape index (κ1) is 23.7. The highest BCUT2D eigenvalue weighted by atomic mass is 35.5. The maximum absolute atomic E-state index is 13.4. The third-order valence-electron chi connectivity index (χ3n) is 6.05. The second-order valence-electron chi connectivity index (χ2n) is 8.20. The number of benzene rings is 2. The SMILES string of the molecule is O=C(c1cccc(F)c1)N1CCN(C(=O)c2cc(S(=O)(=O)N3CCCCC3)ccc2Cl)CC1. The highest BCUT2D eigenvalue weighted by Crippen LogP contribution is 2.26. The molecule has 4 rings (SSSR count). The minimum Gasteiger partial charge on any atom is -0.335 e. The van der Waals surface area contributed by atoms with Crippen molar-refractivity contribution in [2.24, 2.45) is 0 Å². The van der Waals surface area contributed by atoms with Crippen LogP contribution in [0.5, 0.6) is 0 Å². The summed E-state index contributed by atoms with van der Waals surface area (Å²) in [5.41, 5.74) is 0.382. The van der Waals surface area contributed by atoms with Gasteiger partial charge in [0.15, 0.2) is 0 Å². The fourth-order valence-electron chi connectivity index (χ4n) is 4.17. The average Bonchev–Trinajstić information content (AvgIpc) is 2.84. The fourth-order valence-corrected chi connectivity index (χ4v) is 5.91. The minimum absolute atomic E-state index is 0.0528. The Morgan fingerprint density at radius 1 is 0.818 bits per heavy atom. The summed E-state index contributed by atoms with van der Waals surface area (Å²) in [7, 11) is -3.70. The molecule has 0 unspecified atom stereocenters. The summed E-state index contributed by atoms with van der Waals surface area (Å²) in [6.07, 6.45) is 2.64. The second-order valence-corrected chi connectivity index (χ2v) is 10.5. The van der Waals surface area contributed by atoms with E-state index in [0.29, 0.717) is 13.1 Å². The summed E-state index contributed by atoms with van der Waals surface area (Å²) in [5.74, 6) is -1.16. The number of hydrogen-bond donors (Lipinski definition) is 0. The molecule has 0 radical (unpaired) electrons. The first-order valence-corrected chi connectivity index (χ1v) is 12.7. The Morgan fingerprint density at radius 3 is 2.09 bits per heavy atom. The van der Waals surface area contributed by atoms with Crippen LogP contribution in [-0.2, 0) is 10.0 Å². The minimum atomic E-state index is -3.70. The molecule has 176 valence electrons. The molecule has 2 aromatic rings. The van der Waals surface area contributed by atoms with E-state index < -0.39 is 15.8 Å². The van der Waals surface area contributed by atoms with Crippen molar-refractivity contribution < 1.29 is 22.4 Å². The fraction of sp³-hybridized carbons (Fsp3) is 0.391. The molecule has 2 saturated heterocycles. The number of nitrogens with zero attached hydrogens (tertiary/aromatic N) is 3. The van der Waals surface area contributed by atoms with E-state index in [1.165, 1.54) is 40.7 Å². The van der Waals surface area contributed by atoms with Crippen molar-refractivity contribution in [2.45, 2.75) is 24.2 Å². The maximum Gasteiger partial charge on any atom is 0.255 e. The molecule has 0 aliphatic carbocycles. The molecule has 2 amide bonds. The molecule has 0 aromatic heterocycles. The van der Waals surface area contributed by atoms with Gasteiger partial charge >= 0.3 is 0 Å². The lowest BCUT2D eigenvalue weighted by atomic mass is 10.1. The Labute approximate surface area is 197 Å². The standard InChI is InChI=1S/C23H25ClFN3O4S/c24-21-8-7-19(33(31,32)28-9-2-1-3-10-28)16-20(21)23(30)27-13-11-26(12-14-27)22(29)17-5-4-6-18(25)15-17/h4-8,15-16H,1-3,9-14H2. The van der Waals surface area contributed by atoms with E-state index in [2.05, 4.69) is 0 Å². The monoisotopic (exact) mass is 493 g/mol. The number of carbonyl (C=O) groups is 2. The van der Waals surface area contributed by atoms with Crippen LogP contribution in [0.3, 0.4) is 0 Å². The number of carbonyl (C=O) groups excluding carboxylic acids is 2. The largest absolute Gasteiger partial charge is 0.335 e. The van der Waals surface area contributed by atoms with Crippen LogP contribution in [0.2, 0.25) is 5.02 Å². The topological polar surface area (TPSA) is 78.0 Å². The van der Waals surface area contributed by atoms with E-state index in [1.54, 1.807) is 15.9 Å². The van der Waals surface area contributed by atoms with Gasteiger partial charge in [0, 0.05) is 44.8 Å². The quantitative estimate of drug-likeness (QED) is 0.655. The number of piperazine rings is 1. The molecule has 2 fully saturated rings. The number of piperidine rings is 1. The van der Waals surface area contributed by atoms with Gasteiger partial charge in [-0.15, -0.1) is 0 Å². The molecule has 0 atom stereocenters. The lowest BCUT2D eigenvalue weighted by Crippen LogP contribution is -2.50. The number of halogens is 2. The average molecular weight is 494 g/mol. The molecule has 0 spiro atoms. The van der Waals surface area contributed by atoms with Crippen molar-refractivity contribution in [3.63, 3.8) is 0 Å². The van der Waals surface area contributed by atoms with Gasteiger partial charge in [-0.3, -0.25) is 9.59 Å². The molecule has 0 N–H and O–H groups in total. The van der Waals surface area contributed by atoms with Crippen molar-refractivity contribution >= 4 is 33.4 Å². The van der Waals surface area contributed by atoms with E-state index in [9.17, 15) is 22.4 Å². The third kappa shape index (κ3) is 5.05. The molecule has 33 heavy (non-hydrogen) atoms. The highest BCUT2D eigenvalue weighted by molar-refractivity contribution is 7.89. The van der Waals surface area contributed by atoms with Crippen molar-refractivity contribution in [3.05, 3.63) is 64.4 Å². The molecule has 2 aliphatic heterocycles. The van der Waals surface area contributed by atoms with Crippen LogP contribution in [0.4, 0.5) is 4.39 Å². The van der Waals surface area contributed by atoms with Gasteiger partial charge in [0.05, 0.1) is 15.5 Å². The van der Waals surface area contributed by atoms with Crippen molar-refractivity contribution in [2.75, 3.05) is 39.3 Å². The van der Waals surface area contributed by atoms with E-state index >= 15 is 0 Å². The lowest BCUT2D eigenvalue weighted by molar-refractivity contribution is 0.0535. The zero-order valence-electron chi connectivity index (χ0n) is 18.0. The van der Waals surface area contributed by atoms with Crippen molar-refractivity contribution in [1.29, 1.82) is 0 Å². The van der Waals surface area contributed by atoms with Gasteiger partial charge in [-0.2, -0.15) is 4.31 Å². The first-order chi connectivity index (χ1) is 15.8. The van der Waals surface area contributed by atoms with Crippen LogP contribution >= 0.6 is 11.6 Å². The van der Waals surface area contributed by atoms with Crippen molar-refractivity contribution in [3.8, 4) is 0 Å². The summed E-state index contributed by atoms with van der Waals surface area (Å²) in [4.78, 5) is 28.9. The first-order valence-electron chi connectivity index (χ1n) is 10.9. The van der Waals surface area contributed by atoms with Gasteiger partial charge in [-0.1, -0.05) is 24.1 Å². The third-order valence-corrected chi connectivity index (χ3v) is 8.27. The van der Waals surface area contributed by atoms with Gasteiger partial charge in [0.2, 0.25) is 10.0 Å². The van der Waals surface area contributed by atoms with E-state index in [4.69, 9.17) is 11.6 Å². The molecule has 7 nitrogen and oxygen atoms in total. The summed E-state index contributed by atoms with van der Waals surface area (Å²) in [6.45, 7) is 2.03. The van der Waals surface area contributed by atoms with Gasteiger partial charge in [-0.25, -0.2) is 12.8 Å².